The lowest BCUT2D eigenvalue weighted by atomic mass is 10.0. The van der Waals surface area contributed by atoms with Crippen LogP contribution in [0.15, 0.2) is 30.5 Å². The van der Waals surface area contributed by atoms with Gasteiger partial charge in [0.25, 0.3) is 0 Å². The molecule has 2 heterocycles. The van der Waals surface area contributed by atoms with Gasteiger partial charge in [-0.2, -0.15) is 13.2 Å². The zero-order valence-corrected chi connectivity index (χ0v) is 18.8. The molecule has 1 atom stereocenters. The topological polar surface area (TPSA) is 93.7 Å². The van der Waals surface area contributed by atoms with Crippen LogP contribution in [0.4, 0.5) is 19.0 Å². The molecule has 0 spiro atoms. The van der Waals surface area contributed by atoms with Crippen LogP contribution in [0.5, 0.6) is 0 Å². The Morgan fingerprint density at radius 3 is 2.42 bits per heavy atom. The first kappa shape index (κ1) is 25.4. The number of hydrogen-bond acceptors (Lipinski definition) is 6. The van der Waals surface area contributed by atoms with Crippen molar-refractivity contribution in [2.45, 2.75) is 50.6 Å². The molecule has 0 saturated carbocycles. The van der Waals surface area contributed by atoms with Crippen molar-refractivity contribution in [2.24, 2.45) is 0 Å². The molecule has 3 rings (SSSR count). The minimum atomic E-state index is -4.34. The minimum Gasteiger partial charge on any atom is -0.387 e. The molecule has 8 nitrogen and oxygen atoms in total. The molecule has 0 amide bonds. The molecule has 1 fully saturated rings. The van der Waals surface area contributed by atoms with Crippen LogP contribution in [0.25, 0.3) is 0 Å². The maximum Gasteiger partial charge on any atom is 0.416 e. The fourth-order valence-corrected chi connectivity index (χ4v) is 4.11. The molecule has 0 bridgehead atoms. The number of likely N-dealkylation sites (tertiary alicyclic amines) is 1. The smallest absolute Gasteiger partial charge is 0.387 e. The SMILES string of the molecule is C[C@](O)(CN1CCC(OCCc2ccc(C(F)(F)F)cc2)CC1)Cn1cc([N+](=O)[O-])nc1Cl. The third-order valence-electron chi connectivity index (χ3n) is 5.54. The quantitative estimate of drug-likeness (QED) is 0.423. The van der Waals surface area contributed by atoms with E-state index in [9.17, 15) is 28.4 Å². The summed E-state index contributed by atoms with van der Waals surface area (Å²) >= 11 is 5.93. The summed E-state index contributed by atoms with van der Waals surface area (Å²) in [7, 11) is 0. The second kappa shape index (κ2) is 10.4. The number of rotatable bonds is 9. The fraction of sp³-hybridized carbons (Fsp3) is 0.571. The molecule has 1 aliphatic rings. The van der Waals surface area contributed by atoms with Gasteiger partial charge in [0, 0.05) is 19.6 Å². The number of aliphatic hydroxyl groups is 1. The number of halogens is 4. The van der Waals surface area contributed by atoms with Gasteiger partial charge in [-0.3, -0.25) is 4.57 Å². The second-order valence-corrected chi connectivity index (χ2v) is 8.88. The van der Waals surface area contributed by atoms with E-state index in [0.717, 1.165) is 30.5 Å². The standard InChI is InChI=1S/C21H26ClF3N4O4/c1-20(30,14-28-12-18(29(31)32)26-19(28)22)13-27-9-6-17(7-10-27)33-11-8-15-2-4-16(5-3-15)21(23,24)25/h2-5,12,17,30H,6-11,13-14H2,1H3/t20-/m0/s1. The Bertz CT molecular complexity index is 942. The summed E-state index contributed by atoms with van der Waals surface area (Å²) in [6.45, 7) is 3.90. The lowest BCUT2D eigenvalue weighted by Crippen LogP contribution is -2.47. The van der Waals surface area contributed by atoms with Crippen molar-refractivity contribution in [1.82, 2.24) is 14.5 Å². The van der Waals surface area contributed by atoms with E-state index in [2.05, 4.69) is 9.88 Å². The van der Waals surface area contributed by atoms with Crippen molar-refractivity contribution in [2.75, 3.05) is 26.2 Å². The van der Waals surface area contributed by atoms with E-state index in [1.807, 2.05) is 0 Å². The third-order valence-corrected chi connectivity index (χ3v) is 5.84. The molecule has 1 aromatic carbocycles. The first-order valence-electron chi connectivity index (χ1n) is 10.5. The molecular formula is C21H26ClF3N4O4. The first-order chi connectivity index (χ1) is 15.4. The summed E-state index contributed by atoms with van der Waals surface area (Å²) in [4.78, 5) is 15.9. The van der Waals surface area contributed by atoms with Gasteiger partial charge in [0.2, 0.25) is 0 Å². The zero-order valence-electron chi connectivity index (χ0n) is 18.1. The van der Waals surface area contributed by atoms with Crippen LogP contribution < -0.4 is 0 Å². The number of nitro groups is 1. The van der Waals surface area contributed by atoms with Gasteiger partial charge in [0.1, 0.15) is 6.20 Å². The molecule has 0 unspecified atom stereocenters. The predicted octanol–water partition coefficient (Wildman–Crippen LogP) is 3.94. The lowest BCUT2D eigenvalue weighted by molar-refractivity contribution is -0.389. The molecule has 182 valence electrons. The van der Waals surface area contributed by atoms with Gasteiger partial charge >= 0.3 is 17.3 Å². The minimum absolute atomic E-state index is 0.0476. The van der Waals surface area contributed by atoms with E-state index in [-0.39, 0.29) is 23.8 Å². The Hall–Kier alpha value is -2.21. The Kier molecular flexibility index (Phi) is 7.99. The summed E-state index contributed by atoms with van der Waals surface area (Å²) in [5.74, 6) is -0.370. The average molecular weight is 491 g/mol. The number of nitrogens with zero attached hydrogens (tertiary/aromatic N) is 4. The molecule has 12 heteroatoms. The molecule has 0 aliphatic carbocycles. The van der Waals surface area contributed by atoms with Gasteiger partial charge in [-0.1, -0.05) is 12.1 Å². The van der Waals surface area contributed by atoms with Crippen molar-refractivity contribution in [1.29, 1.82) is 0 Å². The van der Waals surface area contributed by atoms with Crippen LogP contribution in [0.2, 0.25) is 5.28 Å². The number of aromatic nitrogens is 2. The van der Waals surface area contributed by atoms with E-state index >= 15 is 0 Å². The second-order valence-electron chi connectivity index (χ2n) is 8.54. The maximum absolute atomic E-state index is 12.6. The number of hydrogen-bond donors (Lipinski definition) is 1. The van der Waals surface area contributed by atoms with Crippen LogP contribution in [0.3, 0.4) is 0 Å². The number of alkyl halides is 3. The largest absolute Gasteiger partial charge is 0.416 e. The Labute approximate surface area is 194 Å². The summed E-state index contributed by atoms with van der Waals surface area (Å²) in [5.41, 5.74) is -1.05. The van der Waals surface area contributed by atoms with E-state index in [4.69, 9.17) is 16.3 Å². The van der Waals surface area contributed by atoms with E-state index < -0.39 is 22.3 Å². The summed E-state index contributed by atoms with van der Waals surface area (Å²) in [6.07, 6.45) is -1.03. The van der Waals surface area contributed by atoms with Crippen LogP contribution in [0.1, 0.15) is 30.9 Å². The van der Waals surface area contributed by atoms with Crippen molar-refractivity contribution in [3.05, 3.63) is 57.0 Å². The molecular weight excluding hydrogens is 465 g/mol. The van der Waals surface area contributed by atoms with Crippen molar-refractivity contribution >= 4 is 17.4 Å². The summed E-state index contributed by atoms with van der Waals surface area (Å²) in [5, 5.41) is 21.6. The Morgan fingerprint density at radius 2 is 1.88 bits per heavy atom. The summed E-state index contributed by atoms with van der Waals surface area (Å²) < 4.78 is 45.1. The number of β-amino-alcohol motifs (C(OH)–C–C–N with tert-alkyl or cyclic N) is 1. The molecule has 2 aromatic rings. The first-order valence-corrected chi connectivity index (χ1v) is 10.9. The molecule has 33 heavy (non-hydrogen) atoms. The van der Waals surface area contributed by atoms with Crippen molar-refractivity contribution in [3.8, 4) is 0 Å². The van der Waals surface area contributed by atoms with Crippen LogP contribution in [0, 0.1) is 10.1 Å². The lowest BCUT2D eigenvalue weighted by Gasteiger charge is -2.36. The van der Waals surface area contributed by atoms with Gasteiger partial charge in [-0.15, -0.1) is 0 Å². The van der Waals surface area contributed by atoms with E-state index in [1.54, 1.807) is 6.92 Å². The molecule has 1 saturated heterocycles. The van der Waals surface area contributed by atoms with Gasteiger partial charge in [-0.05, 0) is 65.4 Å². The van der Waals surface area contributed by atoms with Crippen LogP contribution in [-0.2, 0) is 23.9 Å². The highest BCUT2D eigenvalue weighted by atomic mass is 35.5. The third kappa shape index (κ3) is 7.39. The molecule has 0 radical (unpaired) electrons. The average Bonchev–Trinajstić information content (AvgIpc) is 3.09. The highest BCUT2D eigenvalue weighted by Gasteiger charge is 2.31. The normalized spacial score (nSPS) is 17.8. The van der Waals surface area contributed by atoms with Gasteiger partial charge in [0.15, 0.2) is 0 Å². The molecule has 1 aromatic heterocycles. The van der Waals surface area contributed by atoms with Gasteiger partial charge in [0.05, 0.1) is 30.4 Å². The Morgan fingerprint density at radius 1 is 1.24 bits per heavy atom. The summed E-state index contributed by atoms with van der Waals surface area (Å²) in [6, 6.07) is 5.10. The maximum atomic E-state index is 12.6. The molecule has 1 aliphatic heterocycles. The van der Waals surface area contributed by atoms with Gasteiger partial charge < -0.3 is 24.9 Å². The zero-order chi connectivity index (χ0) is 24.2. The van der Waals surface area contributed by atoms with E-state index in [0.29, 0.717) is 32.7 Å². The predicted molar refractivity (Wildman–Crippen MR) is 115 cm³/mol. The number of benzene rings is 1. The Balaban J connectivity index is 1.40. The fourth-order valence-electron chi connectivity index (χ4n) is 3.92. The molecule has 1 N–H and O–H groups in total. The van der Waals surface area contributed by atoms with Crippen LogP contribution in [-0.4, -0.2) is 62.4 Å². The van der Waals surface area contributed by atoms with E-state index in [1.165, 1.54) is 22.9 Å². The van der Waals surface area contributed by atoms with Crippen LogP contribution >= 0.6 is 11.6 Å². The highest BCUT2D eigenvalue weighted by molar-refractivity contribution is 6.28. The van der Waals surface area contributed by atoms with Gasteiger partial charge in [-0.25, -0.2) is 0 Å². The number of imidazole rings is 1. The number of ether oxygens (including phenoxy) is 1. The number of piperidine rings is 1. The monoisotopic (exact) mass is 490 g/mol. The van der Waals surface area contributed by atoms with Crippen molar-refractivity contribution < 1.29 is 27.9 Å². The highest BCUT2D eigenvalue weighted by Crippen LogP contribution is 2.29. The van der Waals surface area contributed by atoms with Crippen molar-refractivity contribution in [3.63, 3.8) is 0 Å².